The van der Waals surface area contributed by atoms with Crippen molar-refractivity contribution in [3.63, 3.8) is 0 Å². The Balaban J connectivity index is 1.99. The van der Waals surface area contributed by atoms with Crippen LogP contribution in [0.1, 0.15) is 18.4 Å². The fraction of sp³-hybridized carbons (Fsp3) is 0.571. The first kappa shape index (κ1) is 14.6. The van der Waals surface area contributed by atoms with Crippen molar-refractivity contribution in [1.29, 1.82) is 0 Å². The predicted molar refractivity (Wildman–Crippen MR) is 77.6 cm³/mol. The van der Waals surface area contributed by atoms with Crippen molar-refractivity contribution >= 4 is 17.3 Å². The zero-order valence-corrected chi connectivity index (χ0v) is 11.8. The van der Waals surface area contributed by atoms with E-state index < -0.39 is 0 Å². The number of piperidine rings is 1. The SMILES string of the molecule is NCc1c(Cl)cccc1N1CCC(OCCO)CC1. The highest BCUT2D eigenvalue weighted by molar-refractivity contribution is 6.31. The average Bonchev–Trinajstić information content (AvgIpc) is 2.45. The maximum absolute atomic E-state index is 8.76. The molecule has 1 aliphatic rings. The lowest BCUT2D eigenvalue weighted by Gasteiger charge is -2.34. The minimum atomic E-state index is 0.0891. The maximum atomic E-state index is 8.76. The highest BCUT2D eigenvalue weighted by Gasteiger charge is 2.21. The second-order valence-electron chi connectivity index (χ2n) is 4.72. The molecule has 1 aliphatic heterocycles. The molecule has 0 unspecified atom stereocenters. The van der Waals surface area contributed by atoms with Gasteiger partial charge in [-0.05, 0) is 25.0 Å². The molecule has 1 aromatic rings. The Kier molecular flexibility index (Phi) is 5.45. The van der Waals surface area contributed by atoms with Crippen LogP contribution in [0.15, 0.2) is 18.2 Å². The molecule has 0 radical (unpaired) electrons. The molecule has 5 heteroatoms. The first-order valence-electron chi connectivity index (χ1n) is 6.71. The van der Waals surface area contributed by atoms with Gasteiger partial charge in [0.2, 0.25) is 0 Å². The maximum Gasteiger partial charge on any atom is 0.0701 e. The van der Waals surface area contributed by atoms with E-state index in [1.807, 2.05) is 12.1 Å². The van der Waals surface area contributed by atoms with Crippen molar-refractivity contribution in [1.82, 2.24) is 0 Å². The Morgan fingerprint density at radius 3 is 2.74 bits per heavy atom. The monoisotopic (exact) mass is 284 g/mol. The van der Waals surface area contributed by atoms with E-state index in [4.69, 9.17) is 27.2 Å². The lowest BCUT2D eigenvalue weighted by Crippen LogP contribution is -2.38. The van der Waals surface area contributed by atoms with E-state index in [1.54, 1.807) is 0 Å². The summed E-state index contributed by atoms with van der Waals surface area (Å²) in [6.07, 6.45) is 2.19. The van der Waals surface area contributed by atoms with Gasteiger partial charge in [0, 0.05) is 35.9 Å². The van der Waals surface area contributed by atoms with Crippen LogP contribution in [0.4, 0.5) is 5.69 Å². The number of nitrogens with two attached hydrogens (primary N) is 1. The molecule has 106 valence electrons. The molecule has 1 heterocycles. The first-order chi connectivity index (χ1) is 9.26. The van der Waals surface area contributed by atoms with Crippen LogP contribution in [0.5, 0.6) is 0 Å². The molecule has 0 spiro atoms. The molecular weight excluding hydrogens is 264 g/mol. The fourth-order valence-corrected chi connectivity index (χ4v) is 2.78. The molecular formula is C14H21ClN2O2. The molecule has 4 nitrogen and oxygen atoms in total. The molecule has 0 aliphatic carbocycles. The van der Waals surface area contributed by atoms with Crippen molar-refractivity contribution in [3.05, 3.63) is 28.8 Å². The predicted octanol–water partition coefficient (Wildman–Crippen LogP) is 1.78. The summed E-state index contributed by atoms with van der Waals surface area (Å²) in [4.78, 5) is 2.31. The van der Waals surface area contributed by atoms with Crippen molar-refractivity contribution in [2.75, 3.05) is 31.2 Å². The Morgan fingerprint density at radius 1 is 1.37 bits per heavy atom. The second-order valence-corrected chi connectivity index (χ2v) is 5.13. The van der Waals surface area contributed by atoms with Crippen LogP contribution in [-0.4, -0.2) is 37.5 Å². The topological polar surface area (TPSA) is 58.7 Å². The standard InChI is InChI=1S/C14H21ClN2O2/c15-13-2-1-3-14(12(13)10-16)17-6-4-11(5-7-17)19-9-8-18/h1-3,11,18H,4-10,16H2. The van der Waals surface area contributed by atoms with Gasteiger partial charge >= 0.3 is 0 Å². The third-order valence-electron chi connectivity index (χ3n) is 3.53. The third-order valence-corrected chi connectivity index (χ3v) is 3.88. The number of ether oxygens (including phenoxy) is 1. The van der Waals surface area contributed by atoms with E-state index in [-0.39, 0.29) is 12.7 Å². The van der Waals surface area contributed by atoms with Crippen LogP contribution >= 0.6 is 11.6 Å². The molecule has 3 N–H and O–H groups in total. The van der Waals surface area contributed by atoms with Gasteiger partial charge in [0.05, 0.1) is 19.3 Å². The first-order valence-corrected chi connectivity index (χ1v) is 7.09. The number of hydrogen-bond donors (Lipinski definition) is 2. The number of benzene rings is 1. The Morgan fingerprint density at radius 2 is 2.11 bits per heavy atom. The van der Waals surface area contributed by atoms with E-state index in [1.165, 1.54) is 0 Å². The zero-order valence-electron chi connectivity index (χ0n) is 11.0. The summed E-state index contributed by atoms with van der Waals surface area (Å²) in [7, 11) is 0. The molecule has 1 fully saturated rings. The van der Waals surface area contributed by atoms with Gasteiger partial charge < -0.3 is 20.5 Å². The summed E-state index contributed by atoms with van der Waals surface area (Å²) in [5, 5.41) is 9.50. The van der Waals surface area contributed by atoms with E-state index >= 15 is 0 Å². The quantitative estimate of drug-likeness (QED) is 0.865. The Labute approximate surface area is 119 Å². The number of rotatable bonds is 5. The molecule has 1 saturated heterocycles. The van der Waals surface area contributed by atoms with Gasteiger partial charge in [0.25, 0.3) is 0 Å². The minimum absolute atomic E-state index is 0.0891. The van der Waals surface area contributed by atoms with Gasteiger partial charge in [-0.3, -0.25) is 0 Å². The molecule has 0 bridgehead atoms. The summed E-state index contributed by atoms with van der Waals surface area (Å²) in [6, 6.07) is 5.92. The number of halogens is 1. The summed E-state index contributed by atoms with van der Waals surface area (Å²) in [5.41, 5.74) is 7.94. The van der Waals surface area contributed by atoms with Crippen LogP contribution in [0, 0.1) is 0 Å². The van der Waals surface area contributed by atoms with E-state index in [0.29, 0.717) is 13.2 Å². The van der Waals surface area contributed by atoms with Gasteiger partial charge in [-0.2, -0.15) is 0 Å². The number of nitrogens with zero attached hydrogens (tertiary/aromatic N) is 1. The van der Waals surface area contributed by atoms with Gasteiger partial charge in [-0.1, -0.05) is 17.7 Å². The van der Waals surface area contributed by atoms with Gasteiger partial charge in [-0.25, -0.2) is 0 Å². The van der Waals surface area contributed by atoms with E-state index in [0.717, 1.165) is 42.2 Å². The normalized spacial score (nSPS) is 16.9. The molecule has 2 rings (SSSR count). The Bertz CT molecular complexity index is 406. The number of hydrogen-bond acceptors (Lipinski definition) is 4. The third kappa shape index (κ3) is 3.60. The summed E-state index contributed by atoms with van der Waals surface area (Å²) >= 11 is 6.19. The minimum Gasteiger partial charge on any atom is -0.394 e. The van der Waals surface area contributed by atoms with Crippen LogP contribution in [0.2, 0.25) is 5.02 Å². The summed E-state index contributed by atoms with van der Waals surface area (Å²) in [6.45, 7) is 2.84. The summed E-state index contributed by atoms with van der Waals surface area (Å²) in [5.74, 6) is 0. The summed E-state index contributed by atoms with van der Waals surface area (Å²) < 4.78 is 5.57. The lowest BCUT2D eigenvalue weighted by atomic mass is 10.0. The van der Waals surface area contributed by atoms with Gasteiger partial charge in [0.1, 0.15) is 0 Å². The van der Waals surface area contributed by atoms with Crippen molar-refractivity contribution in [2.45, 2.75) is 25.5 Å². The molecule has 0 amide bonds. The van der Waals surface area contributed by atoms with Crippen LogP contribution in [-0.2, 0) is 11.3 Å². The number of aliphatic hydroxyl groups is 1. The zero-order chi connectivity index (χ0) is 13.7. The molecule has 0 saturated carbocycles. The average molecular weight is 285 g/mol. The highest BCUT2D eigenvalue weighted by atomic mass is 35.5. The van der Waals surface area contributed by atoms with Crippen LogP contribution < -0.4 is 10.6 Å². The van der Waals surface area contributed by atoms with Crippen molar-refractivity contribution in [2.24, 2.45) is 5.73 Å². The van der Waals surface area contributed by atoms with E-state index in [2.05, 4.69) is 11.0 Å². The van der Waals surface area contributed by atoms with E-state index in [9.17, 15) is 0 Å². The second kappa shape index (κ2) is 7.10. The van der Waals surface area contributed by atoms with Crippen LogP contribution in [0.25, 0.3) is 0 Å². The van der Waals surface area contributed by atoms with Crippen molar-refractivity contribution < 1.29 is 9.84 Å². The molecule has 1 aromatic carbocycles. The fourth-order valence-electron chi connectivity index (χ4n) is 2.53. The number of aliphatic hydroxyl groups excluding tert-OH is 1. The van der Waals surface area contributed by atoms with Crippen LogP contribution in [0.3, 0.4) is 0 Å². The highest BCUT2D eigenvalue weighted by Crippen LogP contribution is 2.29. The largest absolute Gasteiger partial charge is 0.394 e. The molecule has 19 heavy (non-hydrogen) atoms. The smallest absolute Gasteiger partial charge is 0.0701 e. The number of anilines is 1. The Hall–Kier alpha value is -0.810. The van der Waals surface area contributed by atoms with Gasteiger partial charge in [0.15, 0.2) is 0 Å². The molecule has 0 atom stereocenters. The molecule has 0 aromatic heterocycles. The lowest BCUT2D eigenvalue weighted by molar-refractivity contribution is 0.0159. The van der Waals surface area contributed by atoms with Crippen molar-refractivity contribution in [3.8, 4) is 0 Å². The van der Waals surface area contributed by atoms with Gasteiger partial charge in [-0.15, -0.1) is 0 Å².